The van der Waals surface area contributed by atoms with E-state index in [9.17, 15) is 22.8 Å². The second kappa shape index (κ2) is 14.5. The molecule has 3 amide bonds. The Kier molecular flexibility index (Phi) is 9.94. The first-order chi connectivity index (χ1) is 23.5. The summed E-state index contributed by atoms with van der Waals surface area (Å²) in [6.07, 6.45) is -3.51. The van der Waals surface area contributed by atoms with Gasteiger partial charge in [0.2, 0.25) is 5.91 Å². The molecular formula is C33H23ClF4N6O4S. The summed E-state index contributed by atoms with van der Waals surface area (Å²) in [6, 6.07) is 22.4. The third-order valence-corrected chi connectivity index (χ3v) is 8.07. The zero-order valence-corrected chi connectivity index (χ0v) is 26.6. The van der Waals surface area contributed by atoms with Gasteiger partial charge in [-0.1, -0.05) is 53.7 Å². The summed E-state index contributed by atoms with van der Waals surface area (Å²) < 4.78 is 63.5. The maximum atomic E-state index is 15.1. The molecule has 0 spiro atoms. The molecule has 0 bridgehead atoms. The number of aliphatic imine (C=N–C) groups is 1. The Morgan fingerprint density at radius 1 is 1.00 bits per heavy atom. The summed E-state index contributed by atoms with van der Waals surface area (Å²) in [5.74, 6) is -1.36. The van der Waals surface area contributed by atoms with Gasteiger partial charge in [0.25, 0.3) is 0 Å². The first kappa shape index (κ1) is 33.6. The number of thioether (sulfide) groups is 1. The number of amidine groups is 1. The smallest absolute Gasteiger partial charge is 0.406 e. The van der Waals surface area contributed by atoms with Crippen LogP contribution in [0.15, 0.2) is 102 Å². The van der Waals surface area contributed by atoms with E-state index >= 15 is 4.39 Å². The predicted octanol–water partition coefficient (Wildman–Crippen LogP) is 8.01. The molecule has 0 radical (unpaired) electrons. The average Bonchev–Trinajstić information content (AvgIpc) is 3.69. The van der Waals surface area contributed by atoms with Crippen LogP contribution in [0.3, 0.4) is 0 Å². The summed E-state index contributed by atoms with van der Waals surface area (Å²) >= 11 is 7.30. The minimum absolute atomic E-state index is 0.0350. The number of alkyl halides is 3. The van der Waals surface area contributed by atoms with Crippen LogP contribution in [0.1, 0.15) is 11.1 Å². The van der Waals surface area contributed by atoms with Crippen molar-refractivity contribution in [2.24, 2.45) is 4.99 Å². The zero-order chi connectivity index (χ0) is 34.5. The molecule has 1 saturated heterocycles. The Hall–Kier alpha value is -5.25. The normalized spacial score (nSPS) is 14.0. The lowest BCUT2D eigenvalue weighted by Crippen LogP contribution is -2.31. The van der Waals surface area contributed by atoms with Gasteiger partial charge in [-0.15, -0.1) is 18.3 Å². The number of aromatic nitrogens is 3. The number of hydrogen-bond acceptors (Lipinski definition) is 7. The van der Waals surface area contributed by atoms with Crippen LogP contribution in [0.4, 0.5) is 33.7 Å². The first-order valence-corrected chi connectivity index (χ1v) is 15.7. The van der Waals surface area contributed by atoms with Crippen LogP contribution in [-0.4, -0.2) is 44.0 Å². The molecule has 16 heteroatoms. The fourth-order valence-corrected chi connectivity index (χ4v) is 5.78. The highest BCUT2D eigenvalue weighted by Gasteiger charge is 2.33. The van der Waals surface area contributed by atoms with Crippen LogP contribution in [0.2, 0.25) is 5.02 Å². The number of hydrogen-bond donors (Lipinski definition) is 1. The van der Waals surface area contributed by atoms with Crippen LogP contribution in [0.25, 0.3) is 17.1 Å². The second-order valence-electron chi connectivity index (χ2n) is 10.3. The molecule has 10 nitrogen and oxygen atoms in total. The number of carbonyl (C=O) groups excluding carboxylic acids is 2. The highest BCUT2D eigenvalue weighted by Crippen LogP contribution is 2.33. The van der Waals surface area contributed by atoms with Crippen molar-refractivity contribution in [1.82, 2.24) is 14.8 Å². The van der Waals surface area contributed by atoms with Crippen LogP contribution >= 0.6 is 23.4 Å². The van der Waals surface area contributed by atoms with Crippen molar-refractivity contribution in [3.05, 3.63) is 119 Å². The zero-order valence-electron chi connectivity index (χ0n) is 25.0. The van der Waals surface area contributed by atoms with E-state index in [4.69, 9.17) is 16.3 Å². The number of urea groups is 1. The van der Waals surface area contributed by atoms with Gasteiger partial charge in [0.15, 0.2) is 11.0 Å². The number of anilines is 2. The fraction of sp³-hybridized carbons (Fsp3) is 0.121. The molecule has 0 atom stereocenters. The van der Waals surface area contributed by atoms with Gasteiger partial charge in [-0.25, -0.2) is 18.9 Å². The van der Waals surface area contributed by atoms with Gasteiger partial charge in [0.1, 0.15) is 17.9 Å². The Labute approximate surface area is 285 Å². The maximum Gasteiger partial charge on any atom is 0.573 e. The Balaban J connectivity index is 1.14. The Bertz CT molecular complexity index is 2030. The van der Waals surface area contributed by atoms with E-state index in [-0.39, 0.29) is 40.5 Å². The van der Waals surface area contributed by atoms with E-state index in [1.165, 1.54) is 40.2 Å². The number of carbonyl (C=O) groups is 2. The number of amides is 3. The number of nitrogens with one attached hydrogen (secondary N) is 1. The van der Waals surface area contributed by atoms with Gasteiger partial charge in [-0.05, 0) is 66.2 Å². The van der Waals surface area contributed by atoms with E-state index in [1.807, 2.05) is 30.3 Å². The molecule has 1 aliphatic rings. The molecule has 4 aromatic carbocycles. The van der Waals surface area contributed by atoms with Crippen molar-refractivity contribution < 1.29 is 36.6 Å². The number of nitrogens with zero attached hydrogens (tertiary/aromatic N) is 5. The van der Waals surface area contributed by atoms with Gasteiger partial charge in [-0.2, -0.15) is 4.99 Å². The number of benzene rings is 4. The van der Waals surface area contributed by atoms with E-state index in [0.29, 0.717) is 28.6 Å². The molecule has 1 N–H and O–H groups in total. The lowest BCUT2D eigenvalue weighted by Gasteiger charge is -2.20. The maximum absolute atomic E-state index is 15.1. The van der Waals surface area contributed by atoms with E-state index in [0.717, 1.165) is 35.5 Å². The van der Waals surface area contributed by atoms with Gasteiger partial charge in [0, 0.05) is 16.1 Å². The van der Waals surface area contributed by atoms with Crippen molar-refractivity contribution in [3.63, 3.8) is 0 Å². The monoisotopic (exact) mass is 710 g/mol. The van der Waals surface area contributed by atoms with Gasteiger partial charge in [-0.3, -0.25) is 9.69 Å². The summed E-state index contributed by atoms with van der Waals surface area (Å²) in [5, 5.41) is 7.18. The lowest BCUT2D eigenvalue weighted by molar-refractivity contribution is -0.274. The minimum atomic E-state index is -4.82. The van der Waals surface area contributed by atoms with Crippen LogP contribution in [-0.2, 0) is 22.7 Å². The highest BCUT2D eigenvalue weighted by molar-refractivity contribution is 8.15. The third-order valence-electron chi connectivity index (χ3n) is 6.91. The Morgan fingerprint density at radius 3 is 2.51 bits per heavy atom. The predicted molar refractivity (Wildman–Crippen MR) is 176 cm³/mol. The third kappa shape index (κ3) is 8.43. The molecule has 0 saturated carbocycles. The topological polar surface area (TPSA) is 111 Å². The van der Waals surface area contributed by atoms with E-state index < -0.39 is 24.0 Å². The molecule has 1 aliphatic heterocycles. The van der Waals surface area contributed by atoms with E-state index in [1.54, 1.807) is 18.2 Å². The number of ether oxygens (including phenoxy) is 2. The molecule has 1 aromatic heterocycles. The quantitative estimate of drug-likeness (QED) is 0.154. The molecule has 6 rings (SSSR count). The van der Waals surface area contributed by atoms with Gasteiger partial charge >= 0.3 is 12.4 Å². The molecule has 5 aromatic rings. The van der Waals surface area contributed by atoms with Crippen molar-refractivity contribution in [2.75, 3.05) is 16.0 Å². The van der Waals surface area contributed by atoms with Crippen LogP contribution in [0, 0.1) is 5.82 Å². The highest BCUT2D eigenvalue weighted by atomic mass is 35.5. The lowest BCUT2D eigenvalue weighted by atomic mass is 10.1. The van der Waals surface area contributed by atoms with Crippen molar-refractivity contribution in [2.45, 2.75) is 19.6 Å². The van der Waals surface area contributed by atoms with Gasteiger partial charge < -0.3 is 14.8 Å². The van der Waals surface area contributed by atoms with Crippen molar-refractivity contribution in [3.8, 4) is 22.8 Å². The molecule has 0 unspecified atom stereocenters. The Morgan fingerprint density at radius 2 is 1.78 bits per heavy atom. The number of rotatable bonds is 9. The molecular weight excluding hydrogens is 688 g/mol. The summed E-state index contributed by atoms with van der Waals surface area (Å²) in [4.78, 5) is 35.4. The summed E-state index contributed by atoms with van der Waals surface area (Å²) in [5.41, 5.74) is 2.51. The number of halogens is 5. The standard InChI is InChI=1S/C33H23ClF4N6O4S/c34-23-7-13-28(22(14-23)17-47-16-20-4-2-1-3-5-20)44-29(45)18-49-32(44)41-31(46)40-27-12-6-21(15-26(27)35)30-39-19-43(42-30)24-8-10-25(11-9-24)48-33(36,37)38/h1-15,19H,16-18H2,(H,40,46)/b41-32-. The SMILES string of the molecule is O=C(/N=C1\SCC(=O)N1c1ccc(Cl)cc1COCc1ccccc1)Nc1ccc(-c2ncn(-c3ccc(OC(F)(F)F)cc3)n2)cc1F. The van der Waals surface area contributed by atoms with Crippen LogP contribution < -0.4 is 15.0 Å². The summed E-state index contributed by atoms with van der Waals surface area (Å²) in [6.45, 7) is 0.464. The average molecular weight is 711 g/mol. The fourth-order valence-electron chi connectivity index (χ4n) is 4.73. The summed E-state index contributed by atoms with van der Waals surface area (Å²) in [7, 11) is 0. The van der Waals surface area contributed by atoms with Gasteiger partial charge in [0.05, 0.1) is 36.0 Å². The molecule has 49 heavy (non-hydrogen) atoms. The molecule has 250 valence electrons. The first-order valence-electron chi connectivity index (χ1n) is 14.4. The minimum Gasteiger partial charge on any atom is -0.406 e. The van der Waals surface area contributed by atoms with Crippen molar-refractivity contribution >= 4 is 51.8 Å². The molecule has 1 fully saturated rings. The largest absolute Gasteiger partial charge is 0.573 e. The molecule has 0 aliphatic carbocycles. The van der Waals surface area contributed by atoms with E-state index in [2.05, 4.69) is 25.1 Å². The van der Waals surface area contributed by atoms with Crippen molar-refractivity contribution in [1.29, 1.82) is 0 Å². The second-order valence-corrected chi connectivity index (χ2v) is 11.7. The van der Waals surface area contributed by atoms with Crippen LogP contribution in [0.5, 0.6) is 5.75 Å². The molecule has 2 heterocycles.